The van der Waals surface area contributed by atoms with Crippen LogP contribution in [0.5, 0.6) is 5.75 Å². The van der Waals surface area contributed by atoms with Crippen molar-refractivity contribution in [2.45, 2.75) is 19.4 Å². The summed E-state index contributed by atoms with van der Waals surface area (Å²) in [5.41, 5.74) is 2.87. The molecule has 0 fully saturated rings. The first kappa shape index (κ1) is 22.5. The molecule has 162 valence electrons. The number of hydrogen-bond donors (Lipinski definition) is 2. The van der Waals surface area contributed by atoms with Crippen molar-refractivity contribution >= 4 is 11.6 Å². The van der Waals surface area contributed by atoms with E-state index < -0.39 is 0 Å². The van der Waals surface area contributed by atoms with Gasteiger partial charge < -0.3 is 15.2 Å². The maximum Gasteiger partial charge on any atom is 0.238 e. The number of aliphatic hydroxyl groups is 1. The number of hydrogen-bond acceptors (Lipinski definition) is 4. The minimum atomic E-state index is -0.123. The topological polar surface area (TPSA) is 61.8 Å². The monoisotopic (exact) mass is 418 g/mol. The number of rotatable bonds is 11. The van der Waals surface area contributed by atoms with Crippen LogP contribution in [0.3, 0.4) is 0 Å². The van der Waals surface area contributed by atoms with Gasteiger partial charge in [-0.15, -0.1) is 0 Å². The smallest absolute Gasteiger partial charge is 0.238 e. The standard InChI is InChI=1S/C26H30N2O3/c1-2-31-24-17-10-9-16-23(24)27-25(30)20-28(18-11-19-29)26(21-12-5-3-6-13-21)22-14-7-4-8-15-22/h3-10,12-17,26,29H,2,11,18-20H2,1H3,(H,27,30). The molecule has 5 nitrogen and oxygen atoms in total. The Morgan fingerprint density at radius 2 is 1.52 bits per heavy atom. The highest BCUT2D eigenvalue weighted by molar-refractivity contribution is 5.93. The van der Waals surface area contributed by atoms with Gasteiger partial charge in [0, 0.05) is 13.2 Å². The Hall–Kier alpha value is -3.15. The molecule has 0 aromatic heterocycles. The molecular weight excluding hydrogens is 388 g/mol. The molecule has 31 heavy (non-hydrogen) atoms. The second-order valence-electron chi connectivity index (χ2n) is 7.25. The van der Waals surface area contributed by atoms with Crippen LogP contribution in [0.2, 0.25) is 0 Å². The lowest BCUT2D eigenvalue weighted by atomic mass is 9.96. The summed E-state index contributed by atoms with van der Waals surface area (Å²) < 4.78 is 5.63. The molecular formula is C26H30N2O3. The van der Waals surface area contributed by atoms with Gasteiger partial charge in [0.2, 0.25) is 5.91 Å². The highest BCUT2D eigenvalue weighted by Crippen LogP contribution is 2.29. The van der Waals surface area contributed by atoms with E-state index in [4.69, 9.17) is 4.74 Å². The van der Waals surface area contributed by atoms with E-state index in [0.29, 0.717) is 31.0 Å². The van der Waals surface area contributed by atoms with Crippen LogP contribution < -0.4 is 10.1 Å². The Morgan fingerprint density at radius 3 is 2.10 bits per heavy atom. The molecule has 5 heteroatoms. The molecule has 3 aromatic carbocycles. The summed E-state index contributed by atoms with van der Waals surface area (Å²) in [5.74, 6) is 0.532. The molecule has 0 bridgehead atoms. The van der Waals surface area contributed by atoms with Crippen molar-refractivity contribution in [1.29, 1.82) is 0 Å². The molecule has 3 rings (SSSR count). The van der Waals surface area contributed by atoms with Crippen molar-refractivity contribution in [2.75, 3.05) is 31.6 Å². The minimum Gasteiger partial charge on any atom is -0.492 e. The molecule has 3 aromatic rings. The van der Waals surface area contributed by atoms with Crippen LogP contribution in [0.15, 0.2) is 84.9 Å². The van der Waals surface area contributed by atoms with E-state index in [1.807, 2.05) is 67.6 Å². The fourth-order valence-corrected chi connectivity index (χ4v) is 3.68. The maximum absolute atomic E-state index is 13.0. The van der Waals surface area contributed by atoms with Gasteiger partial charge in [0.25, 0.3) is 0 Å². The lowest BCUT2D eigenvalue weighted by Gasteiger charge is -2.32. The first-order chi connectivity index (χ1) is 15.2. The van der Waals surface area contributed by atoms with E-state index in [1.165, 1.54) is 0 Å². The van der Waals surface area contributed by atoms with Gasteiger partial charge >= 0.3 is 0 Å². The third kappa shape index (κ3) is 6.41. The van der Waals surface area contributed by atoms with Crippen molar-refractivity contribution in [2.24, 2.45) is 0 Å². The van der Waals surface area contributed by atoms with Gasteiger partial charge in [-0.2, -0.15) is 0 Å². The summed E-state index contributed by atoms with van der Waals surface area (Å²) in [7, 11) is 0. The average Bonchev–Trinajstić information content (AvgIpc) is 2.80. The zero-order valence-electron chi connectivity index (χ0n) is 17.9. The van der Waals surface area contributed by atoms with Crippen LogP contribution in [-0.4, -0.2) is 42.2 Å². The molecule has 0 saturated heterocycles. The Balaban J connectivity index is 1.86. The molecule has 0 heterocycles. The summed E-state index contributed by atoms with van der Waals surface area (Å²) in [6.45, 7) is 3.29. The average molecular weight is 419 g/mol. The zero-order valence-corrected chi connectivity index (χ0v) is 17.9. The van der Waals surface area contributed by atoms with Gasteiger partial charge in [-0.3, -0.25) is 9.69 Å². The fraction of sp³-hybridized carbons (Fsp3) is 0.269. The number of carbonyl (C=O) groups is 1. The lowest BCUT2D eigenvalue weighted by molar-refractivity contribution is -0.117. The molecule has 0 aliphatic carbocycles. The van der Waals surface area contributed by atoms with E-state index in [9.17, 15) is 9.90 Å². The Bertz CT molecular complexity index is 892. The number of carbonyl (C=O) groups excluding carboxylic acids is 1. The highest BCUT2D eigenvalue weighted by atomic mass is 16.5. The SMILES string of the molecule is CCOc1ccccc1NC(=O)CN(CCCO)C(c1ccccc1)c1ccccc1. The van der Waals surface area contributed by atoms with Gasteiger partial charge in [-0.1, -0.05) is 72.8 Å². The molecule has 1 amide bonds. The normalized spacial score (nSPS) is 11.0. The second-order valence-corrected chi connectivity index (χ2v) is 7.25. The third-order valence-corrected chi connectivity index (χ3v) is 5.01. The van der Waals surface area contributed by atoms with Gasteiger partial charge in [0.1, 0.15) is 5.75 Å². The molecule has 0 radical (unpaired) electrons. The summed E-state index contributed by atoms with van der Waals surface area (Å²) in [5, 5.41) is 12.5. The van der Waals surface area contributed by atoms with E-state index in [-0.39, 0.29) is 25.1 Å². The maximum atomic E-state index is 13.0. The van der Waals surface area contributed by atoms with Crippen molar-refractivity contribution in [3.63, 3.8) is 0 Å². The summed E-state index contributed by atoms with van der Waals surface area (Å²) in [4.78, 5) is 15.1. The molecule has 0 aliphatic heterocycles. The van der Waals surface area contributed by atoms with Crippen LogP contribution in [0.1, 0.15) is 30.5 Å². The summed E-state index contributed by atoms with van der Waals surface area (Å²) in [6.07, 6.45) is 0.582. The lowest BCUT2D eigenvalue weighted by Crippen LogP contribution is -2.38. The van der Waals surface area contributed by atoms with Crippen LogP contribution in [0, 0.1) is 0 Å². The van der Waals surface area contributed by atoms with Crippen molar-refractivity contribution in [3.05, 3.63) is 96.1 Å². The predicted octanol–water partition coefficient (Wildman–Crippen LogP) is 4.50. The number of anilines is 1. The Labute approximate surface area is 184 Å². The third-order valence-electron chi connectivity index (χ3n) is 5.01. The van der Waals surface area contributed by atoms with Gasteiger partial charge in [0.05, 0.1) is 24.9 Å². The number of para-hydroxylation sites is 2. The zero-order chi connectivity index (χ0) is 21.9. The van der Waals surface area contributed by atoms with Gasteiger partial charge in [-0.05, 0) is 36.6 Å². The highest BCUT2D eigenvalue weighted by Gasteiger charge is 2.24. The molecule has 0 saturated carbocycles. The molecule has 0 unspecified atom stereocenters. The molecule has 0 spiro atoms. The van der Waals surface area contributed by atoms with Crippen molar-refractivity contribution in [1.82, 2.24) is 4.90 Å². The largest absolute Gasteiger partial charge is 0.492 e. The summed E-state index contributed by atoms with van der Waals surface area (Å²) >= 11 is 0. The fourth-order valence-electron chi connectivity index (χ4n) is 3.68. The van der Waals surface area contributed by atoms with E-state index in [1.54, 1.807) is 0 Å². The van der Waals surface area contributed by atoms with E-state index >= 15 is 0 Å². The Morgan fingerprint density at radius 1 is 0.935 bits per heavy atom. The Kier molecular flexibility index (Phi) is 8.64. The van der Waals surface area contributed by atoms with E-state index in [2.05, 4.69) is 34.5 Å². The number of amides is 1. The predicted molar refractivity (Wildman–Crippen MR) is 124 cm³/mol. The van der Waals surface area contributed by atoms with Crippen LogP contribution in [0.25, 0.3) is 0 Å². The van der Waals surface area contributed by atoms with Crippen LogP contribution in [-0.2, 0) is 4.79 Å². The van der Waals surface area contributed by atoms with Crippen molar-refractivity contribution < 1.29 is 14.6 Å². The number of nitrogens with one attached hydrogen (secondary N) is 1. The second kappa shape index (κ2) is 11.9. The quantitative estimate of drug-likeness (QED) is 0.481. The molecule has 0 atom stereocenters. The van der Waals surface area contributed by atoms with Gasteiger partial charge in [-0.25, -0.2) is 0 Å². The van der Waals surface area contributed by atoms with Crippen LogP contribution >= 0.6 is 0 Å². The van der Waals surface area contributed by atoms with Crippen molar-refractivity contribution in [3.8, 4) is 5.75 Å². The number of nitrogens with zero attached hydrogens (tertiary/aromatic N) is 1. The number of benzene rings is 3. The van der Waals surface area contributed by atoms with E-state index in [0.717, 1.165) is 11.1 Å². The minimum absolute atomic E-state index is 0.0710. The first-order valence-corrected chi connectivity index (χ1v) is 10.7. The summed E-state index contributed by atoms with van der Waals surface area (Å²) in [6, 6.07) is 27.7. The molecule has 2 N–H and O–H groups in total. The number of ether oxygens (including phenoxy) is 1. The van der Waals surface area contributed by atoms with Gasteiger partial charge in [0.15, 0.2) is 0 Å². The first-order valence-electron chi connectivity index (χ1n) is 10.7. The molecule has 0 aliphatic rings. The number of aliphatic hydroxyl groups excluding tert-OH is 1. The van der Waals surface area contributed by atoms with Crippen LogP contribution in [0.4, 0.5) is 5.69 Å².